The predicted molar refractivity (Wildman–Crippen MR) is 73.3 cm³/mol. The second kappa shape index (κ2) is 6.25. The zero-order valence-electron chi connectivity index (χ0n) is 11.1. The average molecular weight is 276 g/mol. The quantitative estimate of drug-likeness (QED) is 0.801. The van der Waals surface area contributed by atoms with Gasteiger partial charge in [0.15, 0.2) is 0 Å². The molecule has 1 atom stereocenters. The molecule has 1 aromatic carbocycles. The molecule has 0 saturated carbocycles. The van der Waals surface area contributed by atoms with Gasteiger partial charge in [0.2, 0.25) is 0 Å². The number of nitrogens with one attached hydrogen (secondary N) is 1. The summed E-state index contributed by atoms with van der Waals surface area (Å²) in [5, 5.41) is 20.0. The number of nitrogens with zero attached hydrogens (tertiary/aromatic N) is 3. The molecule has 106 valence electrons. The van der Waals surface area contributed by atoms with Crippen LogP contribution in [0.4, 0.5) is 0 Å². The smallest absolute Gasteiger partial charge is 0.320 e. The normalized spacial score (nSPS) is 12.4. The Labute approximate surface area is 115 Å². The van der Waals surface area contributed by atoms with E-state index in [0.29, 0.717) is 17.3 Å². The van der Waals surface area contributed by atoms with Gasteiger partial charge in [0, 0.05) is 0 Å². The number of carbonyl (C=O) groups is 1. The summed E-state index contributed by atoms with van der Waals surface area (Å²) in [7, 11) is 0. The molecule has 2 N–H and O–H groups in total. The molecule has 0 amide bonds. The summed E-state index contributed by atoms with van der Waals surface area (Å²) in [6.07, 6.45) is 1.23. The van der Waals surface area contributed by atoms with Crippen molar-refractivity contribution in [1.29, 1.82) is 0 Å². The van der Waals surface area contributed by atoms with Gasteiger partial charge >= 0.3 is 5.97 Å². The molecule has 1 aromatic heterocycles. The van der Waals surface area contributed by atoms with Crippen LogP contribution in [0, 0.1) is 0 Å². The molecule has 20 heavy (non-hydrogen) atoms. The zero-order chi connectivity index (χ0) is 14.5. The number of carboxylic acids is 1. The summed E-state index contributed by atoms with van der Waals surface area (Å²) in [6.45, 7) is 1.92. The molecule has 0 aliphatic rings. The van der Waals surface area contributed by atoms with Crippen LogP contribution in [0.25, 0.3) is 10.9 Å². The molecule has 0 radical (unpaired) electrons. The molecule has 7 nitrogen and oxygen atoms in total. The lowest BCUT2D eigenvalue weighted by Crippen LogP contribution is -2.41. The maximum atomic E-state index is 12.1. The van der Waals surface area contributed by atoms with E-state index in [2.05, 4.69) is 15.6 Å². The molecule has 0 aliphatic carbocycles. The van der Waals surface area contributed by atoms with Crippen molar-refractivity contribution in [3.8, 4) is 0 Å². The van der Waals surface area contributed by atoms with Gasteiger partial charge in [0.05, 0.1) is 12.1 Å². The molecule has 7 heteroatoms. The van der Waals surface area contributed by atoms with Gasteiger partial charge in [-0.1, -0.05) is 30.7 Å². The van der Waals surface area contributed by atoms with Crippen molar-refractivity contribution < 1.29 is 9.90 Å². The topological polar surface area (TPSA) is 97.1 Å². The van der Waals surface area contributed by atoms with E-state index in [1.54, 1.807) is 24.3 Å². The summed E-state index contributed by atoms with van der Waals surface area (Å²) in [5.41, 5.74) is 0.237. The van der Waals surface area contributed by atoms with Crippen molar-refractivity contribution in [1.82, 2.24) is 20.3 Å². The van der Waals surface area contributed by atoms with Crippen LogP contribution in [0.5, 0.6) is 0 Å². The third kappa shape index (κ3) is 3.00. The number of hydrogen-bond acceptors (Lipinski definition) is 5. The second-order valence-electron chi connectivity index (χ2n) is 4.45. The van der Waals surface area contributed by atoms with Crippen molar-refractivity contribution in [2.75, 3.05) is 0 Å². The van der Waals surface area contributed by atoms with Crippen LogP contribution in [0.15, 0.2) is 29.1 Å². The summed E-state index contributed by atoms with van der Waals surface area (Å²) in [4.78, 5) is 23.2. The summed E-state index contributed by atoms with van der Waals surface area (Å²) < 4.78 is 1.13. The van der Waals surface area contributed by atoms with Crippen molar-refractivity contribution >= 4 is 16.9 Å². The van der Waals surface area contributed by atoms with Gasteiger partial charge in [-0.25, -0.2) is 0 Å². The van der Waals surface area contributed by atoms with Crippen molar-refractivity contribution in [2.24, 2.45) is 0 Å². The van der Waals surface area contributed by atoms with Crippen molar-refractivity contribution in [3.05, 3.63) is 34.6 Å². The standard InChI is InChI=1S/C13H16N4O3/c1-2-5-11(13(19)20)14-8-17-12(18)9-6-3-4-7-10(9)15-16-17/h3-4,6-7,11,14H,2,5,8H2,1H3,(H,19,20). The Morgan fingerprint density at radius 3 is 2.90 bits per heavy atom. The predicted octanol–water partition coefficient (Wildman–Crippen LogP) is 0.592. The number of hydrogen-bond donors (Lipinski definition) is 2. The van der Waals surface area contributed by atoms with Crippen LogP contribution in [0.2, 0.25) is 0 Å². The lowest BCUT2D eigenvalue weighted by molar-refractivity contribution is -0.139. The van der Waals surface area contributed by atoms with Crippen LogP contribution < -0.4 is 10.9 Å². The Kier molecular flexibility index (Phi) is 4.41. The first-order valence-electron chi connectivity index (χ1n) is 6.42. The molecule has 2 aromatic rings. The zero-order valence-corrected chi connectivity index (χ0v) is 11.1. The molecular weight excluding hydrogens is 260 g/mol. The molecule has 1 heterocycles. The van der Waals surface area contributed by atoms with Crippen LogP contribution in [0.3, 0.4) is 0 Å². The van der Waals surface area contributed by atoms with Crippen LogP contribution in [0.1, 0.15) is 19.8 Å². The first-order valence-corrected chi connectivity index (χ1v) is 6.42. The number of aromatic nitrogens is 3. The Morgan fingerprint density at radius 1 is 1.45 bits per heavy atom. The van der Waals surface area contributed by atoms with E-state index < -0.39 is 12.0 Å². The average Bonchev–Trinajstić information content (AvgIpc) is 2.45. The van der Waals surface area contributed by atoms with E-state index in [0.717, 1.165) is 11.1 Å². The molecule has 0 fully saturated rings. The molecule has 0 saturated heterocycles. The van der Waals surface area contributed by atoms with Gasteiger partial charge < -0.3 is 5.11 Å². The van der Waals surface area contributed by atoms with Gasteiger partial charge in [0.1, 0.15) is 11.6 Å². The second-order valence-corrected chi connectivity index (χ2v) is 4.45. The van der Waals surface area contributed by atoms with Crippen molar-refractivity contribution in [3.63, 3.8) is 0 Å². The Hall–Kier alpha value is -2.28. The Morgan fingerprint density at radius 2 is 2.20 bits per heavy atom. The fraction of sp³-hybridized carbons (Fsp3) is 0.385. The minimum absolute atomic E-state index is 0.0215. The highest BCUT2D eigenvalue weighted by Gasteiger charge is 2.16. The van der Waals surface area contributed by atoms with E-state index in [-0.39, 0.29) is 12.2 Å². The first-order chi connectivity index (χ1) is 9.63. The molecule has 1 unspecified atom stereocenters. The molecule has 2 rings (SSSR count). The fourth-order valence-corrected chi connectivity index (χ4v) is 1.93. The molecule has 0 bridgehead atoms. The monoisotopic (exact) mass is 276 g/mol. The highest BCUT2D eigenvalue weighted by atomic mass is 16.4. The number of aliphatic carboxylic acids is 1. The summed E-state index contributed by atoms with van der Waals surface area (Å²) >= 11 is 0. The summed E-state index contributed by atoms with van der Waals surface area (Å²) in [5.74, 6) is -0.936. The molecule has 0 aliphatic heterocycles. The minimum Gasteiger partial charge on any atom is -0.480 e. The maximum absolute atomic E-state index is 12.1. The largest absolute Gasteiger partial charge is 0.480 e. The first kappa shape index (κ1) is 14.1. The third-order valence-electron chi connectivity index (χ3n) is 2.99. The van der Waals surface area contributed by atoms with Gasteiger partial charge in [0.25, 0.3) is 5.56 Å². The van der Waals surface area contributed by atoms with Crippen LogP contribution in [-0.4, -0.2) is 32.1 Å². The van der Waals surface area contributed by atoms with E-state index in [4.69, 9.17) is 5.11 Å². The van der Waals surface area contributed by atoms with Crippen molar-refractivity contribution in [2.45, 2.75) is 32.5 Å². The fourth-order valence-electron chi connectivity index (χ4n) is 1.93. The number of rotatable bonds is 6. The maximum Gasteiger partial charge on any atom is 0.320 e. The van der Waals surface area contributed by atoms with Gasteiger partial charge in [-0.2, -0.15) is 4.68 Å². The lowest BCUT2D eigenvalue weighted by Gasteiger charge is -2.13. The highest BCUT2D eigenvalue weighted by Crippen LogP contribution is 2.03. The van der Waals surface area contributed by atoms with Crippen LogP contribution >= 0.6 is 0 Å². The van der Waals surface area contributed by atoms with Gasteiger partial charge in [-0.15, -0.1) is 5.10 Å². The van der Waals surface area contributed by atoms with E-state index in [1.165, 1.54) is 0 Å². The van der Waals surface area contributed by atoms with E-state index in [9.17, 15) is 9.59 Å². The molecule has 0 spiro atoms. The summed E-state index contributed by atoms with van der Waals surface area (Å²) in [6, 6.07) is 6.21. The van der Waals surface area contributed by atoms with E-state index >= 15 is 0 Å². The molecular formula is C13H16N4O3. The number of carboxylic acid groups (broad SMARTS) is 1. The SMILES string of the molecule is CCCC(NCn1nnc2ccccc2c1=O)C(=O)O. The Bertz CT molecular complexity index is 668. The van der Waals surface area contributed by atoms with E-state index in [1.807, 2.05) is 6.92 Å². The third-order valence-corrected chi connectivity index (χ3v) is 2.99. The Balaban J connectivity index is 2.20. The van der Waals surface area contributed by atoms with Gasteiger partial charge in [-0.3, -0.25) is 14.9 Å². The van der Waals surface area contributed by atoms with Gasteiger partial charge in [-0.05, 0) is 18.6 Å². The van der Waals surface area contributed by atoms with Crippen LogP contribution in [-0.2, 0) is 11.5 Å². The number of fused-ring (bicyclic) bond motifs is 1. The number of benzene rings is 1. The minimum atomic E-state index is -0.936. The highest BCUT2D eigenvalue weighted by molar-refractivity contribution is 5.76. The lowest BCUT2D eigenvalue weighted by atomic mass is 10.2.